The molecule has 1 rings (SSSR count). The zero-order valence-electron chi connectivity index (χ0n) is 12.9. The Morgan fingerprint density at radius 2 is 2.05 bits per heavy atom. The van der Waals surface area contributed by atoms with Crippen molar-refractivity contribution in [1.29, 1.82) is 0 Å². The molecule has 0 saturated carbocycles. The van der Waals surface area contributed by atoms with Gasteiger partial charge in [-0.1, -0.05) is 6.92 Å². The summed E-state index contributed by atoms with van der Waals surface area (Å²) in [5.41, 5.74) is 0. The summed E-state index contributed by atoms with van der Waals surface area (Å²) in [6, 6.07) is 0. The minimum Gasteiger partial charge on any atom is -0.468 e. The molecular formula is C14H27ClN2O3S. The Morgan fingerprint density at radius 3 is 2.67 bits per heavy atom. The number of amides is 1. The van der Waals surface area contributed by atoms with E-state index in [1.54, 1.807) is 0 Å². The van der Waals surface area contributed by atoms with E-state index < -0.39 is 0 Å². The molecule has 0 aromatic rings. The maximum absolute atomic E-state index is 11.8. The van der Waals surface area contributed by atoms with Crippen LogP contribution < -0.4 is 10.6 Å². The molecule has 1 heterocycles. The van der Waals surface area contributed by atoms with Crippen LogP contribution in [-0.4, -0.2) is 50.1 Å². The van der Waals surface area contributed by atoms with Crippen LogP contribution in [0.3, 0.4) is 0 Å². The van der Waals surface area contributed by atoms with Crippen molar-refractivity contribution in [3.63, 3.8) is 0 Å². The standard InChI is InChI=1S/C14H26N2O3S.ClH/c1-11(12-3-5-15-6-4-12)9-13(17)16-7-8-20-10-14(18)19-2;/h11-12,15H,3-10H2,1-2H3,(H,16,17);1H. The van der Waals surface area contributed by atoms with E-state index in [4.69, 9.17) is 0 Å². The fraction of sp³-hybridized carbons (Fsp3) is 0.857. The van der Waals surface area contributed by atoms with Crippen molar-refractivity contribution >= 4 is 36.0 Å². The van der Waals surface area contributed by atoms with Crippen LogP contribution >= 0.6 is 24.2 Å². The van der Waals surface area contributed by atoms with E-state index in [2.05, 4.69) is 22.3 Å². The van der Waals surface area contributed by atoms with Gasteiger partial charge >= 0.3 is 5.97 Å². The van der Waals surface area contributed by atoms with Crippen LogP contribution in [-0.2, 0) is 14.3 Å². The molecule has 0 radical (unpaired) electrons. The van der Waals surface area contributed by atoms with Crippen molar-refractivity contribution in [3.05, 3.63) is 0 Å². The smallest absolute Gasteiger partial charge is 0.315 e. The van der Waals surface area contributed by atoms with Crippen LogP contribution in [0.1, 0.15) is 26.2 Å². The number of hydrogen-bond acceptors (Lipinski definition) is 5. The molecule has 1 unspecified atom stereocenters. The molecule has 2 N–H and O–H groups in total. The molecule has 5 nitrogen and oxygen atoms in total. The molecule has 1 saturated heterocycles. The number of hydrogen-bond donors (Lipinski definition) is 2. The zero-order chi connectivity index (χ0) is 14.8. The van der Waals surface area contributed by atoms with E-state index in [0.29, 0.717) is 30.6 Å². The number of carbonyl (C=O) groups is 2. The Kier molecular flexibility index (Phi) is 11.9. The van der Waals surface area contributed by atoms with Gasteiger partial charge in [-0.05, 0) is 37.8 Å². The van der Waals surface area contributed by atoms with Gasteiger partial charge in [0.15, 0.2) is 0 Å². The average molecular weight is 339 g/mol. The molecule has 1 aliphatic rings. The minimum atomic E-state index is -0.221. The quantitative estimate of drug-likeness (QED) is 0.518. The van der Waals surface area contributed by atoms with Gasteiger partial charge in [0, 0.05) is 18.7 Å². The van der Waals surface area contributed by atoms with E-state index >= 15 is 0 Å². The number of ether oxygens (including phenoxy) is 1. The summed E-state index contributed by atoms with van der Waals surface area (Å²) < 4.78 is 4.55. The van der Waals surface area contributed by atoms with Crippen molar-refractivity contribution in [3.8, 4) is 0 Å². The number of methoxy groups -OCH3 is 1. The Balaban J connectivity index is 0.00000400. The molecule has 1 aliphatic heterocycles. The number of thioether (sulfide) groups is 1. The third-order valence-electron chi connectivity index (χ3n) is 3.71. The molecule has 7 heteroatoms. The molecule has 124 valence electrons. The van der Waals surface area contributed by atoms with Gasteiger partial charge in [-0.3, -0.25) is 9.59 Å². The van der Waals surface area contributed by atoms with Crippen molar-refractivity contribution in [1.82, 2.24) is 10.6 Å². The first-order chi connectivity index (χ1) is 9.63. The third kappa shape index (κ3) is 9.22. The molecule has 0 bridgehead atoms. The fourth-order valence-corrected chi connectivity index (χ4v) is 3.10. The highest BCUT2D eigenvalue weighted by molar-refractivity contribution is 7.99. The van der Waals surface area contributed by atoms with Gasteiger partial charge in [0.05, 0.1) is 12.9 Å². The molecule has 21 heavy (non-hydrogen) atoms. The molecule has 0 aromatic heterocycles. The highest BCUT2D eigenvalue weighted by atomic mass is 35.5. The van der Waals surface area contributed by atoms with Gasteiger partial charge in [-0.15, -0.1) is 24.2 Å². The lowest BCUT2D eigenvalue weighted by molar-refractivity contribution is -0.137. The van der Waals surface area contributed by atoms with Crippen LogP contribution in [0.25, 0.3) is 0 Å². The summed E-state index contributed by atoms with van der Waals surface area (Å²) in [6.07, 6.45) is 2.94. The monoisotopic (exact) mass is 338 g/mol. The Hall–Kier alpha value is -0.460. The Bertz CT molecular complexity index is 313. The normalized spacial score (nSPS) is 16.7. The summed E-state index contributed by atoms with van der Waals surface area (Å²) in [6.45, 7) is 4.92. The molecule has 1 amide bonds. The summed E-state index contributed by atoms with van der Waals surface area (Å²) in [5, 5.41) is 6.26. The third-order valence-corrected chi connectivity index (χ3v) is 4.64. The van der Waals surface area contributed by atoms with Crippen LogP contribution in [0.4, 0.5) is 0 Å². The fourth-order valence-electron chi connectivity index (χ4n) is 2.42. The lowest BCUT2D eigenvalue weighted by Crippen LogP contribution is -2.34. The number of carbonyl (C=O) groups excluding carboxylic acids is 2. The van der Waals surface area contributed by atoms with E-state index in [1.165, 1.54) is 31.7 Å². The van der Waals surface area contributed by atoms with Gasteiger partial charge in [0.2, 0.25) is 5.91 Å². The van der Waals surface area contributed by atoms with Gasteiger partial charge < -0.3 is 15.4 Å². The lowest BCUT2D eigenvalue weighted by atomic mass is 9.84. The largest absolute Gasteiger partial charge is 0.468 e. The van der Waals surface area contributed by atoms with Gasteiger partial charge in [0.1, 0.15) is 0 Å². The Labute approximate surface area is 137 Å². The van der Waals surface area contributed by atoms with Gasteiger partial charge in [-0.2, -0.15) is 0 Å². The van der Waals surface area contributed by atoms with E-state index in [0.717, 1.165) is 18.8 Å². The zero-order valence-corrected chi connectivity index (χ0v) is 14.5. The first kappa shape index (κ1) is 20.5. The first-order valence-corrected chi connectivity index (χ1v) is 8.41. The number of esters is 1. The van der Waals surface area contributed by atoms with E-state index in [1.807, 2.05) is 0 Å². The van der Waals surface area contributed by atoms with Crippen LogP contribution in [0.2, 0.25) is 0 Å². The highest BCUT2D eigenvalue weighted by Gasteiger charge is 2.21. The number of halogens is 1. The summed E-state index contributed by atoms with van der Waals surface area (Å²) in [7, 11) is 1.38. The first-order valence-electron chi connectivity index (χ1n) is 7.25. The summed E-state index contributed by atoms with van der Waals surface area (Å²) in [5.74, 6) is 2.09. The SMILES string of the molecule is COC(=O)CSCCNC(=O)CC(C)C1CCNCC1.Cl. The van der Waals surface area contributed by atoms with Crippen molar-refractivity contribution in [2.24, 2.45) is 11.8 Å². The number of nitrogens with one attached hydrogen (secondary N) is 2. The minimum absolute atomic E-state index is 0. The predicted molar refractivity (Wildman–Crippen MR) is 89.0 cm³/mol. The van der Waals surface area contributed by atoms with E-state index in [9.17, 15) is 9.59 Å². The molecular weight excluding hydrogens is 312 g/mol. The second-order valence-electron chi connectivity index (χ2n) is 5.25. The van der Waals surface area contributed by atoms with Gasteiger partial charge in [-0.25, -0.2) is 0 Å². The van der Waals surface area contributed by atoms with Crippen LogP contribution in [0.15, 0.2) is 0 Å². The number of piperidine rings is 1. The average Bonchev–Trinajstić information content (AvgIpc) is 2.47. The Morgan fingerprint density at radius 1 is 1.38 bits per heavy atom. The maximum atomic E-state index is 11.8. The molecule has 1 fully saturated rings. The number of rotatable bonds is 8. The van der Waals surface area contributed by atoms with Crippen LogP contribution in [0, 0.1) is 11.8 Å². The molecule has 0 spiro atoms. The highest BCUT2D eigenvalue weighted by Crippen LogP contribution is 2.24. The topological polar surface area (TPSA) is 67.4 Å². The maximum Gasteiger partial charge on any atom is 0.315 e. The second-order valence-corrected chi connectivity index (χ2v) is 6.35. The summed E-state index contributed by atoms with van der Waals surface area (Å²) in [4.78, 5) is 22.7. The van der Waals surface area contributed by atoms with E-state index in [-0.39, 0.29) is 24.3 Å². The molecule has 1 atom stereocenters. The van der Waals surface area contributed by atoms with Gasteiger partial charge in [0.25, 0.3) is 0 Å². The van der Waals surface area contributed by atoms with Crippen molar-refractivity contribution in [2.75, 3.05) is 38.2 Å². The second kappa shape index (κ2) is 12.1. The molecule has 0 aliphatic carbocycles. The van der Waals surface area contributed by atoms with Crippen molar-refractivity contribution in [2.45, 2.75) is 26.2 Å². The predicted octanol–water partition coefficient (Wildman–Crippen LogP) is 1.46. The van der Waals surface area contributed by atoms with Crippen LogP contribution in [0.5, 0.6) is 0 Å². The molecule has 0 aromatic carbocycles. The summed E-state index contributed by atoms with van der Waals surface area (Å²) >= 11 is 1.48. The van der Waals surface area contributed by atoms with Crippen molar-refractivity contribution < 1.29 is 14.3 Å². The lowest BCUT2D eigenvalue weighted by Gasteiger charge is -2.27.